The largest absolute Gasteiger partial charge is 0.507 e. The number of hydrogen-bond acceptors (Lipinski definition) is 4. The average molecular weight is 340 g/mol. The van der Waals surface area contributed by atoms with Crippen molar-refractivity contribution in [1.29, 1.82) is 0 Å². The molecule has 0 amide bonds. The van der Waals surface area contributed by atoms with Gasteiger partial charge in [-0.25, -0.2) is 0 Å². The fourth-order valence-electron chi connectivity index (χ4n) is 2.55. The van der Waals surface area contributed by atoms with Crippen molar-refractivity contribution in [2.45, 2.75) is 33.1 Å². The quantitative estimate of drug-likeness (QED) is 0.390. The summed E-state index contributed by atoms with van der Waals surface area (Å²) in [6.45, 7) is 11.4. The van der Waals surface area contributed by atoms with Crippen molar-refractivity contribution in [3.8, 4) is 11.4 Å². The van der Waals surface area contributed by atoms with Gasteiger partial charge >= 0.3 is 0 Å². The minimum Gasteiger partial charge on any atom is -0.507 e. The molecule has 0 radical (unpaired) electrons. The Labute approximate surface area is 147 Å². The Kier molecular flexibility index (Phi) is 5.47. The number of oxime groups is 1. The van der Waals surface area contributed by atoms with Gasteiger partial charge in [-0.2, -0.15) is 0 Å². The molecule has 0 bridgehead atoms. The predicted octanol–water partition coefficient (Wildman–Crippen LogP) is 3.77. The molecule has 0 aliphatic carbocycles. The SMILES string of the molecule is C=CCO/N=C(\C)c1c(O)cc(C(C)(C)C)n(-c2ccccc2)c1=O. The van der Waals surface area contributed by atoms with Crippen LogP contribution in [0, 0.1) is 0 Å². The van der Waals surface area contributed by atoms with Crippen molar-refractivity contribution in [3.63, 3.8) is 0 Å². The Morgan fingerprint density at radius 1 is 1.32 bits per heavy atom. The van der Waals surface area contributed by atoms with Gasteiger partial charge in [0.1, 0.15) is 17.9 Å². The lowest BCUT2D eigenvalue weighted by atomic mass is 9.90. The first kappa shape index (κ1) is 18.5. The first-order valence-corrected chi connectivity index (χ1v) is 8.10. The van der Waals surface area contributed by atoms with Crippen LogP contribution in [0.4, 0.5) is 0 Å². The molecule has 5 heteroatoms. The standard InChI is InChI=1S/C20H24N2O3/c1-6-12-25-21-14(2)18-16(23)13-17(20(3,4)5)22(19(18)24)15-10-8-7-9-11-15/h6-11,13,23H,1,12H2,2-5H3/b21-14+. The van der Waals surface area contributed by atoms with E-state index >= 15 is 0 Å². The summed E-state index contributed by atoms with van der Waals surface area (Å²) in [5.74, 6) is -0.106. The predicted molar refractivity (Wildman–Crippen MR) is 101 cm³/mol. The molecule has 0 spiro atoms. The van der Waals surface area contributed by atoms with E-state index < -0.39 is 0 Å². The molecule has 0 saturated heterocycles. The molecule has 25 heavy (non-hydrogen) atoms. The molecular weight excluding hydrogens is 316 g/mol. The first-order chi connectivity index (χ1) is 11.8. The van der Waals surface area contributed by atoms with E-state index in [9.17, 15) is 9.90 Å². The van der Waals surface area contributed by atoms with Crippen LogP contribution in [0.5, 0.6) is 5.75 Å². The van der Waals surface area contributed by atoms with Crippen molar-refractivity contribution in [2.75, 3.05) is 6.61 Å². The zero-order chi connectivity index (χ0) is 18.6. The van der Waals surface area contributed by atoms with Gasteiger partial charge in [0, 0.05) is 22.9 Å². The summed E-state index contributed by atoms with van der Waals surface area (Å²) >= 11 is 0. The second kappa shape index (κ2) is 7.38. The third-order valence-electron chi connectivity index (χ3n) is 3.73. The second-order valence-electron chi connectivity index (χ2n) is 6.78. The fraction of sp³-hybridized carbons (Fsp3) is 0.300. The molecule has 5 nitrogen and oxygen atoms in total. The molecule has 0 unspecified atom stereocenters. The summed E-state index contributed by atoms with van der Waals surface area (Å²) in [6.07, 6.45) is 1.56. The van der Waals surface area contributed by atoms with Crippen LogP contribution in [0.1, 0.15) is 39.0 Å². The summed E-state index contributed by atoms with van der Waals surface area (Å²) in [6, 6.07) is 11.0. The Hall–Kier alpha value is -2.82. The van der Waals surface area contributed by atoms with E-state index in [4.69, 9.17) is 4.84 Å². The van der Waals surface area contributed by atoms with E-state index in [1.165, 1.54) is 0 Å². The Morgan fingerprint density at radius 2 is 1.96 bits per heavy atom. The van der Waals surface area contributed by atoms with Gasteiger partial charge in [-0.3, -0.25) is 9.36 Å². The van der Waals surface area contributed by atoms with Gasteiger partial charge in [0.25, 0.3) is 5.56 Å². The Balaban J connectivity index is 2.76. The zero-order valence-electron chi connectivity index (χ0n) is 15.1. The van der Waals surface area contributed by atoms with E-state index in [2.05, 4.69) is 11.7 Å². The Morgan fingerprint density at radius 3 is 2.52 bits per heavy atom. The summed E-state index contributed by atoms with van der Waals surface area (Å²) in [4.78, 5) is 18.2. The van der Waals surface area contributed by atoms with Gasteiger partial charge in [0.15, 0.2) is 0 Å². The highest BCUT2D eigenvalue weighted by Crippen LogP contribution is 2.28. The number of hydrogen-bond donors (Lipinski definition) is 1. The molecule has 0 aliphatic rings. The molecule has 132 valence electrons. The van der Waals surface area contributed by atoms with Crippen molar-refractivity contribution in [3.05, 3.63) is 70.7 Å². The zero-order valence-corrected chi connectivity index (χ0v) is 15.1. The fourth-order valence-corrected chi connectivity index (χ4v) is 2.55. The van der Waals surface area contributed by atoms with Crippen LogP contribution in [-0.4, -0.2) is 22.0 Å². The number of para-hydroxylation sites is 1. The number of aromatic hydroxyl groups is 1. The number of aromatic nitrogens is 1. The van der Waals surface area contributed by atoms with Crippen LogP contribution in [0.3, 0.4) is 0 Å². The molecule has 0 saturated carbocycles. The summed E-state index contributed by atoms with van der Waals surface area (Å²) in [7, 11) is 0. The monoisotopic (exact) mass is 340 g/mol. The second-order valence-corrected chi connectivity index (χ2v) is 6.78. The lowest BCUT2D eigenvalue weighted by molar-refractivity contribution is 0.175. The van der Waals surface area contributed by atoms with Crippen LogP contribution < -0.4 is 5.56 Å². The van der Waals surface area contributed by atoms with E-state index in [0.717, 1.165) is 5.69 Å². The molecule has 1 heterocycles. The molecule has 0 atom stereocenters. The van der Waals surface area contributed by atoms with Gasteiger partial charge < -0.3 is 9.94 Å². The summed E-state index contributed by atoms with van der Waals surface area (Å²) < 4.78 is 1.61. The minimum absolute atomic E-state index is 0.106. The lowest BCUT2D eigenvalue weighted by Gasteiger charge is -2.25. The van der Waals surface area contributed by atoms with Gasteiger partial charge in [0.2, 0.25) is 0 Å². The van der Waals surface area contributed by atoms with Crippen LogP contribution in [0.2, 0.25) is 0 Å². The van der Waals surface area contributed by atoms with Crippen molar-refractivity contribution >= 4 is 5.71 Å². The molecule has 2 rings (SSSR count). The molecule has 1 N–H and O–H groups in total. The smallest absolute Gasteiger partial charge is 0.268 e. The molecular formula is C20H24N2O3. The van der Waals surface area contributed by atoms with Gasteiger partial charge in [-0.1, -0.05) is 56.8 Å². The molecule has 1 aromatic carbocycles. The molecule has 1 aromatic heterocycles. The maximum Gasteiger partial charge on any atom is 0.268 e. The van der Waals surface area contributed by atoms with Gasteiger partial charge in [-0.05, 0) is 19.1 Å². The lowest BCUT2D eigenvalue weighted by Crippen LogP contribution is -2.32. The normalized spacial score (nSPS) is 12.1. The van der Waals surface area contributed by atoms with Crippen molar-refractivity contribution < 1.29 is 9.94 Å². The van der Waals surface area contributed by atoms with Crippen LogP contribution >= 0.6 is 0 Å². The highest BCUT2D eigenvalue weighted by Gasteiger charge is 2.25. The highest BCUT2D eigenvalue weighted by atomic mass is 16.6. The van der Waals surface area contributed by atoms with Crippen LogP contribution in [-0.2, 0) is 10.3 Å². The van der Waals surface area contributed by atoms with Gasteiger partial charge in [0.05, 0.1) is 5.71 Å². The van der Waals surface area contributed by atoms with Crippen LogP contribution in [0.15, 0.2) is 59.0 Å². The molecule has 0 fully saturated rings. The van der Waals surface area contributed by atoms with Gasteiger partial charge in [-0.15, -0.1) is 0 Å². The van der Waals surface area contributed by atoms with Crippen LogP contribution in [0.25, 0.3) is 5.69 Å². The van der Waals surface area contributed by atoms with E-state index in [1.807, 2.05) is 51.1 Å². The van der Waals surface area contributed by atoms with E-state index in [1.54, 1.807) is 23.6 Å². The highest BCUT2D eigenvalue weighted by molar-refractivity contribution is 6.00. The first-order valence-electron chi connectivity index (χ1n) is 8.10. The number of nitrogens with zero attached hydrogens (tertiary/aromatic N) is 2. The number of pyridine rings is 1. The summed E-state index contributed by atoms with van der Waals surface area (Å²) in [5, 5.41) is 14.4. The molecule has 2 aromatic rings. The van der Waals surface area contributed by atoms with E-state index in [-0.39, 0.29) is 28.9 Å². The topological polar surface area (TPSA) is 63.8 Å². The number of rotatable bonds is 5. The van der Waals surface area contributed by atoms with Crippen molar-refractivity contribution in [2.24, 2.45) is 5.16 Å². The maximum absolute atomic E-state index is 13.2. The Bertz CT molecular complexity index is 844. The van der Waals surface area contributed by atoms with Crippen molar-refractivity contribution in [1.82, 2.24) is 4.57 Å². The number of benzene rings is 1. The summed E-state index contributed by atoms with van der Waals surface area (Å²) in [5.41, 5.74) is 1.22. The van der Waals surface area contributed by atoms with E-state index in [0.29, 0.717) is 11.4 Å². The average Bonchev–Trinajstić information content (AvgIpc) is 2.54. The molecule has 0 aliphatic heterocycles. The third-order valence-corrected chi connectivity index (χ3v) is 3.73. The minimum atomic E-state index is -0.338. The maximum atomic E-state index is 13.2. The third kappa shape index (κ3) is 3.99.